The number of methoxy groups -OCH3 is 2. The van der Waals surface area contributed by atoms with Gasteiger partial charge in [0.05, 0.1) is 48.6 Å². The maximum atomic E-state index is 13.3. The lowest BCUT2D eigenvalue weighted by Gasteiger charge is -2.30. The third kappa shape index (κ3) is 5.32. The van der Waals surface area contributed by atoms with Crippen molar-refractivity contribution in [2.24, 2.45) is 5.92 Å². The van der Waals surface area contributed by atoms with Crippen LogP contribution in [-0.4, -0.2) is 52.0 Å². The first-order valence-corrected chi connectivity index (χ1v) is 13.3. The third-order valence-electron chi connectivity index (χ3n) is 6.92. The van der Waals surface area contributed by atoms with Crippen LogP contribution >= 0.6 is 22.9 Å². The largest absolute Gasteiger partial charge is 0.494 e. The topological polar surface area (TPSA) is 107 Å². The van der Waals surface area contributed by atoms with Crippen molar-refractivity contribution in [1.29, 1.82) is 0 Å². The van der Waals surface area contributed by atoms with Gasteiger partial charge in [-0.25, -0.2) is 9.97 Å². The second-order valence-corrected chi connectivity index (χ2v) is 10.8. The molecule has 2 aliphatic rings. The fraction of sp³-hybridized carbons (Fsp3) is 0.423. The number of anilines is 1. The summed E-state index contributed by atoms with van der Waals surface area (Å²) < 4.78 is 10.9. The number of rotatable bonds is 6. The van der Waals surface area contributed by atoms with E-state index < -0.39 is 0 Å². The monoisotopic (exact) mass is 541 g/mol. The van der Waals surface area contributed by atoms with Crippen LogP contribution in [0, 0.1) is 12.8 Å². The van der Waals surface area contributed by atoms with Gasteiger partial charge in [0.1, 0.15) is 10.9 Å². The van der Waals surface area contributed by atoms with Crippen molar-refractivity contribution in [3.63, 3.8) is 0 Å². The molecule has 1 aliphatic heterocycles. The molecule has 0 bridgehead atoms. The smallest absolute Gasteiger partial charge is 0.259 e. The summed E-state index contributed by atoms with van der Waals surface area (Å²) in [4.78, 5) is 42.3. The Kier molecular flexibility index (Phi) is 7.41. The summed E-state index contributed by atoms with van der Waals surface area (Å²) in [6.45, 7) is 2.82. The fourth-order valence-electron chi connectivity index (χ4n) is 5.01. The van der Waals surface area contributed by atoms with E-state index in [0.717, 1.165) is 41.9 Å². The van der Waals surface area contributed by atoms with Crippen LogP contribution in [-0.2, 0) is 22.6 Å². The van der Waals surface area contributed by atoms with Gasteiger partial charge >= 0.3 is 0 Å². The van der Waals surface area contributed by atoms with E-state index in [4.69, 9.17) is 21.1 Å². The highest BCUT2D eigenvalue weighted by Crippen LogP contribution is 2.36. The molecule has 4 heterocycles. The Morgan fingerprint density at radius 3 is 2.73 bits per heavy atom. The highest BCUT2D eigenvalue weighted by atomic mass is 35.5. The van der Waals surface area contributed by atoms with Crippen molar-refractivity contribution >= 4 is 39.9 Å². The molecule has 0 unspecified atom stereocenters. The summed E-state index contributed by atoms with van der Waals surface area (Å²) >= 11 is 7.54. The third-order valence-corrected chi connectivity index (χ3v) is 8.13. The second kappa shape index (κ2) is 10.7. The predicted octanol–water partition coefficient (Wildman–Crippen LogP) is 4.87. The number of amides is 2. The second-order valence-electron chi connectivity index (χ2n) is 9.34. The van der Waals surface area contributed by atoms with Gasteiger partial charge in [0.2, 0.25) is 5.91 Å². The summed E-state index contributed by atoms with van der Waals surface area (Å²) in [7, 11) is 3.25. The number of carbonyl (C=O) groups is 2. The van der Waals surface area contributed by atoms with Gasteiger partial charge < -0.3 is 14.4 Å². The molecule has 1 fully saturated rings. The van der Waals surface area contributed by atoms with Crippen molar-refractivity contribution in [2.75, 3.05) is 19.5 Å². The fourth-order valence-corrected chi connectivity index (χ4v) is 6.15. The van der Waals surface area contributed by atoms with Gasteiger partial charge in [-0.15, -0.1) is 0 Å². The van der Waals surface area contributed by atoms with Gasteiger partial charge in [0.25, 0.3) is 5.91 Å². The van der Waals surface area contributed by atoms with Gasteiger partial charge in [-0.1, -0.05) is 29.4 Å². The first-order valence-electron chi connectivity index (χ1n) is 12.1. The van der Waals surface area contributed by atoms with Crippen molar-refractivity contribution in [2.45, 2.75) is 51.8 Å². The van der Waals surface area contributed by atoms with Crippen LogP contribution in [0.3, 0.4) is 0 Å². The minimum absolute atomic E-state index is 0.00183. The lowest BCUT2D eigenvalue weighted by atomic mass is 9.86. The number of thiazole rings is 1. The average molecular weight is 542 g/mol. The van der Waals surface area contributed by atoms with Gasteiger partial charge in [0.15, 0.2) is 5.13 Å². The number of pyridine rings is 2. The predicted molar refractivity (Wildman–Crippen MR) is 141 cm³/mol. The van der Waals surface area contributed by atoms with E-state index in [0.29, 0.717) is 40.7 Å². The zero-order chi connectivity index (χ0) is 26.1. The van der Waals surface area contributed by atoms with Crippen molar-refractivity contribution < 1.29 is 19.1 Å². The van der Waals surface area contributed by atoms with E-state index in [1.807, 2.05) is 17.9 Å². The zero-order valence-corrected chi connectivity index (χ0v) is 22.5. The van der Waals surface area contributed by atoms with E-state index >= 15 is 0 Å². The van der Waals surface area contributed by atoms with Gasteiger partial charge in [-0.2, -0.15) is 0 Å². The van der Waals surface area contributed by atoms with E-state index in [2.05, 4.69) is 20.3 Å². The van der Waals surface area contributed by atoms with Crippen molar-refractivity contribution in [3.05, 3.63) is 51.5 Å². The number of halogens is 1. The molecule has 0 radical (unpaired) electrons. The molecule has 9 nitrogen and oxygen atoms in total. The van der Waals surface area contributed by atoms with Crippen molar-refractivity contribution in [1.82, 2.24) is 19.9 Å². The molecular weight excluding hydrogens is 514 g/mol. The van der Waals surface area contributed by atoms with Crippen LogP contribution in [0.4, 0.5) is 5.13 Å². The van der Waals surface area contributed by atoms with Crippen LogP contribution in [0.1, 0.15) is 52.3 Å². The number of fused-ring (bicyclic) bond motifs is 1. The molecule has 2 amide bonds. The Labute approximate surface area is 224 Å². The Hall–Kier alpha value is -3.08. The van der Waals surface area contributed by atoms with E-state index in [1.165, 1.54) is 30.8 Å². The van der Waals surface area contributed by atoms with E-state index in [9.17, 15) is 9.59 Å². The minimum Gasteiger partial charge on any atom is -0.494 e. The number of nitrogens with zero attached hydrogens (tertiary/aromatic N) is 4. The molecule has 1 aliphatic carbocycles. The standard InChI is InChI=1S/C26H28ClN5O4S/c1-14-7-17(18-9-23(27)29-11-21(18)36-3)19(10-28-14)24(33)31-26-30-20-12-32(13-22(20)37-26)25(34)15-5-4-6-16(8-15)35-2/h7,9-11,15-16H,4-6,8,12-13H2,1-3H3,(H,30,31,33)/t15-,16+/m1/s1. The molecule has 0 aromatic carbocycles. The Balaban J connectivity index is 1.31. The molecule has 3 aromatic heterocycles. The van der Waals surface area contributed by atoms with Gasteiger partial charge in [0, 0.05) is 36.0 Å². The number of aryl methyl sites for hydroxylation is 1. The molecule has 0 saturated heterocycles. The van der Waals surface area contributed by atoms with Crippen LogP contribution in [0.5, 0.6) is 5.75 Å². The summed E-state index contributed by atoms with van der Waals surface area (Å²) in [6, 6.07) is 3.48. The van der Waals surface area contributed by atoms with E-state index in [-0.39, 0.29) is 29.0 Å². The van der Waals surface area contributed by atoms with Crippen molar-refractivity contribution in [3.8, 4) is 16.9 Å². The number of carbonyl (C=O) groups excluding carboxylic acids is 2. The molecule has 2 atom stereocenters. The molecule has 5 rings (SSSR count). The number of ether oxygens (including phenoxy) is 2. The number of nitrogens with one attached hydrogen (secondary N) is 1. The normalized spacial score (nSPS) is 19.0. The number of hydrogen-bond acceptors (Lipinski definition) is 8. The van der Waals surface area contributed by atoms with Gasteiger partial charge in [-0.3, -0.25) is 19.9 Å². The molecule has 0 spiro atoms. The maximum Gasteiger partial charge on any atom is 0.259 e. The molecule has 11 heteroatoms. The zero-order valence-electron chi connectivity index (χ0n) is 20.9. The summed E-state index contributed by atoms with van der Waals surface area (Å²) in [5.74, 6) is 0.318. The van der Waals surface area contributed by atoms with Crippen LogP contribution in [0.15, 0.2) is 24.5 Å². The first kappa shape index (κ1) is 25.6. The Bertz CT molecular complexity index is 1320. The quantitative estimate of drug-likeness (QED) is 0.444. The molecule has 1 N–H and O–H groups in total. The number of aromatic nitrogens is 3. The minimum atomic E-state index is -0.342. The molecule has 37 heavy (non-hydrogen) atoms. The summed E-state index contributed by atoms with van der Waals surface area (Å²) in [5.41, 5.74) is 3.22. The maximum absolute atomic E-state index is 13.3. The SMILES string of the molecule is COc1cnc(Cl)cc1-c1cc(C)ncc1C(=O)Nc1nc2c(s1)CN(C(=O)[C@@H]1CCC[C@H](OC)C1)C2. The highest BCUT2D eigenvalue weighted by molar-refractivity contribution is 7.16. The molecule has 3 aromatic rings. The lowest BCUT2D eigenvalue weighted by molar-refractivity contribution is -0.138. The van der Waals surface area contributed by atoms with Crippen LogP contribution in [0.25, 0.3) is 11.1 Å². The summed E-state index contributed by atoms with van der Waals surface area (Å²) in [5, 5.41) is 3.69. The number of hydrogen-bond donors (Lipinski definition) is 1. The Morgan fingerprint density at radius 2 is 1.97 bits per heavy atom. The molecule has 194 valence electrons. The lowest BCUT2D eigenvalue weighted by Crippen LogP contribution is -2.36. The summed E-state index contributed by atoms with van der Waals surface area (Å²) in [6.07, 6.45) is 6.91. The van der Waals surface area contributed by atoms with Crippen LogP contribution in [0.2, 0.25) is 5.15 Å². The first-order chi connectivity index (χ1) is 17.9. The van der Waals surface area contributed by atoms with E-state index in [1.54, 1.807) is 13.2 Å². The van der Waals surface area contributed by atoms with Gasteiger partial charge in [-0.05, 0) is 38.3 Å². The molecule has 1 saturated carbocycles. The molecular formula is C26H28ClN5O4S. The average Bonchev–Trinajstić information content (AvgIpc) is 3.47. The highest BCUT2D eigenvalue weighted by Gasteiger charge is 2.34. The van der Waals surface area contributed by atoms with Crippen LogP contribution < -0.4 is 10.1 Å². The Morgan fingerprint density at radius 1 is 1.14 bits per heavy atom.